The van der Waals surface area contributed by atoms with E-state index in [0.717, 1.165) is 48.0 Å². The van der Waals surface area contributed by atoms with Gasteiger partial charge in [0.05, 0.1) is 39.9 Å². The molecular weight excluding hydrogens is 800 g/mol. The Labute approximate surface area is 335 Å². The molecule has 4 nitrogen and oxygen atoms in total. The van der Waals surface area contributed by atoms with Crippen LogP contribution in [0, 0.1) is 17.8 Å². The van der Waals surface area contributed by atoms with Crippen LogP contribution in [0.15, 0.2) is 43.0 Å². The SMILES string of the molecule is CCCCCCCCC(C)CN1C(=O)C2=C(c3ccc(Br)s3)N(CC(CCCCCC)C(CC)CCCCCCC)C(=O)C2=C1c1ccc(Br)s1. The van der Waals surface area contributed by atoms with E-state index < -0.39 is 0 Å². The summed E-state index contributed by atoms with van der Waals surface area (Å²) in [4.78, 5) is 35.9. The number of thiophene rings is 2. The Morgan fingerprint density at radius 2 is 0.961 bits per heavy atom. The maximum absolute atomic E-state index is 15.0. The fourth-order valence-electron chi connectivity index (χ4n) is 8.14. The first-order valence-electron chi connectivity index (χ1n) is 20.4. The average Bonchev–Trinajstić information content (AvgIpc) is 3.87. The van der Waals surface area contributed by atoms with Crippen molar-refractivity contribution in [2.24, 2.45) is 17.8 Å². The van der Waals surface area contributed by atoms with Gasteiger partial charge in [-0.1, -0.05) is 144 Å². The molecule has 0 aromatic carbocycles. The van der Waals surface area contributed by atoms with Gasteiger partial charge in [0.2, 0.25) is 0 Å². The van der Waals surface area contributed by atoms with Crippen molar-refractivity contribution in [3.8, 4) is 0 Å². The first-order chi connectivity index (χ1) is 24.7. The maximum Gasteiger partial charge on any atom is 0.261 e. The fourth-order valence-corrected chi connectivity index (χ4v) is 11.0. The first-order valence-corrected chi connectivity index (χ1v) is 23.6. The van der Waals surface area contributed by atoms with Gasteiger partial charge in [-0.2, -0.15) is 0 Å². The van der Waals surface area contributed by atoms with Gasteiger partial charge >= 0.3 is 0 Å². The summed E-state index contributed by atoms with van der Waals surface area (Å²) in [6.07, 6.45) is 23.5. The molecule has 4 rings (SSSR count). The van der Waals surface area contributed by atoms with Gasteiger partial charge in [0.15, 0.2) is 0 Å². The average molecular weight is 865 g/mol. The molecule has 0 saturated heterocycles. The lowest BCUT2D eigenvalue weighted by atomic mass is 9.81. The third-order valence-electron chi connectivity index (χ3n) is 11.1. The number of unbranched alkanes of at least 4 members (excludes halogenated alkanes) is 12. The summed E-state index contributed by atoms with van der Waals surface area (Å²) in [5, 5.41) is 0. The molecule has 2 aliphatic heterocycles. The number of amides is 2. The van der Waals surface area contributed by atoms with Gasteiger partial charge in [0, 0.05) is 13.1 Å². The van der Waals surface area contributed by atoms with E-state index in [1.54, 1.807) is 22.7 Å². The Kier molecular flexibility index (Phi) is 18.5. The predicted molar refractivity (Wildman–Crippen MR) is 228 cm³/mol. The molecule has 0 spiro atoms. The molecule has 2 aromatic heterocycles. The molecule has 2 aromatic rings. The zero-order chi connectivity index (χ0) is 36.8. The van der Waals surface area contributed by atoms with Gasteiger partial charge in [-0.3, -0.25) is 9.59 Å². The van der Waals surface area contributed by atoms with Crippen molar-refractivity contribution in [2.75, 3.05) is 13.1 Å². The standard InChI is InChI=1S/C43H64Br2N2O2S2/c1-6-10-13-16-18-19-22-31(5)29-46-40(34-25-27-36(44)50-34)38-39(42(46)48)41(35-26-28-37(45)51-35)47(43(38)49)30-33(24-20-15-12-8-3)32(9-4)23-21-17-14-11-7-2/h25-28,31-33H,6-24,29-30H2,1-5H3. The lowest BCUT2D eigenvalue weighted by Crippen LogP contribution is -2.36. The third-order valence-corrected chi connectivity index (χ3v) is 14.3. The topological polar surface area (TPSA) is 40.6 Å². The molecule has 0 N–H and O–H groups in total. The second-order valence-electron chi connectivity index (χ2n) is 15.1. The van der Waals surface area contributed by atoms with E-state index in [4.69, 9.17) is 0 Å². The minimum absolute atomic E-state index is 0.00264. The molecule has 0 radical (unpaired) electrons. The molecule has 0 fully saturated rings. The second-order valence-corrected chi connectivity index (χ2v) is 20.1. The smallest absolute Gasteiger partial charge is 0.261 e. The normalized spacial score (nSPS) is 16.6. The van der Waals surface area contributed by atoms with Crippen LogP contribution in [-0.2, 0) is 9.59 Å². The Bertz CT molecular complexity index is 1460. The van der Waals surface area contributed by atoms with E-state index in [1.165, 1.54) is 103 Å². The number of carbonyl (C=O) groups excluding carboxylic acids is 2. The van der Waals surface area contributed by atoms with Crippen molar-refractivity contribution >= 4 is 77.7 Å². The largest absolute Gasteiger partial charge is 0.306 e. The van der Waals surface area contributed by atoms with E-state index in [1.807, 2.05) is 15.9 Å². The Balaban J connectivity index is 1.69. The summed E-state index contributed by atoms with van der Waals surface area (Å²) in [7, 11) is 0. The Morgan fingerprint density at radius 3 is 1.41 bits per heavy atom. The van der Waals surface area contributed by atoms with Crippen molar-refractivity contribution in [2.45, 2.75) is 157 Å². The zero-order valence-corrected chi connectivity index (χ0v) is 37.0. The van der Waals surface area contributed by atoms with Gasteiger partial charge in [0.25, 0.3) is 11.8 Å². The van der Waals surface area contributed by atoms with Gasteiger partial charge in [-0.25, -0.2) is 0 Å². The monoisotopic (exact) mass is 862 g/mol. The Morgan fingerprint density at radius 1 is 0.549 bits per heavy atom. The molecule has 3 unspecified atom stereocenters. The number of fused-ring (bicyclic) bond motifs is 1. The minimum Gasteiger partial charge on any atom is -0.306 e. The summed E-state index contributed by atoms with van der Waals surface area (Å²) in [5.74, 6) is 1.33. The number of hydrogen-bond acceptors (Lipinski definition) is 4. The van der Waals surface area contributed by atoms with Crippen molar-refractivity contribution in [1.82, 2.24) is 9.80 Å². The molecule has 2 amide bonds. The lowest BCUT2D eigenvalue weighted by Gasteiger charge is -2.32. The van der Waals surface area contributed by atoms with E-state index in [9.17, 15) is 4.79 Å². The van der Waals surface area contributed by atoms with Crippen molar-refractivity contribution in [3.05, 3.63) is 52.7 Å². The number of rotatable bonds is 26. The van der Waals surface area contributed by atoms with Crippen LogP contribution in [0.25, 0.3) is 11.4 Å². The van der Waals surface area contributed by atoms with Crippen LogP contribution < -0.4 is 0 Å². The highest BCUT2D eigenvalue weighted by molar-refractivity contribution is 9.11. The lowest BCUT2D eigenvalue weighted by molar-refractivity contribution is -0.124. The predicted octanol–water partition coefficient (Wildman–Crippen LogP) is 14.5. The highest BCUT2D eigenvalue weighted by atomic mass is 79.9. The maximum atomic E-state index is 15.0. The molecule has 0 saturated carbocycles. The first kappa shape index (κ1) is 42.5. The molecule has 0 aliphatic carbocycles. The van der Waals surface area contributed by atoms with Crippen LogP contribution in [0.1, 0.15) is 166 Å². The molecule has 51 heavy (non-hydrogen) atoms. The number of halogens is 2. The summed E-state index contributed by atoms with van der Waals surface area (Å²) >= 11 is 10.6. The van der Waals surface area contributed by atoms with E-state index in [2.05, 4.69) is 84.7 Å². The van der Waals surface area contributed by atoms with Gasteiger partial charge in [0.1, 0.15) is 0 Å². The van der Waals surface area contributed by atoms with Crippen LogP contribution in [0.4, 0.5) is 0 Å². The molecule has 4 heterocycles. The minimum atomic E-state index is -0.00264. The van der Waals surface area contributed by atoms with Crippen LogP contribution in [0.3, 0.4) is 0 Å². The highest BCUT2D eigenvalue weighted by Gasteiger charge is 2.50. The van der Waals surface area contributed by atoms with E-state index in [-0.39, 0.29) is 11.8 Å². The molecule has 284 valence electrons. The zero-order valence-electron chi connectivity index (χ0n) is 32.2. The van der Waals surface area contributed by atoms with E-state index >= 15 is 4.79 Å². The van der Waals surface area contributed by atoms with Crippen molar-refractivity contribution in [1.29, 1.82) is 0 Å². The fraction of sp³-hybridized carbons (Fsp3) is 0.674. The molecule has 0 bridgehead atoms. The summed E-state index contributed by atoms with van der Waals surface area (Å²) in [5.41, 5.74) is 2.91. The number of carbonyl (C=O) groups is 2. The molecular formula is C43H64Br2N2O2S2. The third kappa shape index (κ3) is 11.6. The van der Waals surface area contributed by atoms with E-state index in [0.29, 0.717) is 42.0 Å². The van der Waals surface area contributed by atoms with Gasteiger partial charge in [-0.05, 0) is 86.7 Å². The quantitative estimate of drug-likeness (QED) is 0.0884. The van der Waals surface area contributed by atoms with Gasteiger partial charge < -0.3 is 9.80 Å². The highest BCUT2D eigenvalue weighted by Crippen LogP contribution is 2.50. The van der Waals surface area contributed by atoms with Crippen molar-refractivity contribution in [3.63, 3.8) is 0 Å². The second kappa shape index (κ2) is 22.2. The van der Waals surface area contributed by atoms with Crippen LogP contribution in [-0.4, -0.2) is 34.7 Å². The molecule has 3 atom stereocenters. The van der Waals surface area contributed by atoms with Crippen LogP contribution >= 0.6 is 54.5 Å². The number of nitrogens with zero attached hydrogens (tertiary/aromatic N) is 2. The molecule has 8 heteroatoms. The summed E-state index contributed by atoms with van der Waals surface area (Å²) in [6, 6.07) is 8.28. The van der Waals surface area contributed by atoms with Crippen LogP contribution in [0.5, 0.6) is 0 Å². The Hall–Kier alpha value is -1.22. The van der Waals surface area contributed by atoms with Crippen molar-refractivity contribution < 1.29 is 9.59 Å². The number of hydrogen-bond donors (Lipinski definition) is 0. The van der Waals surface area contributed by atoms with Gasteiger partial charge in [-0.15, -0.1) is 22.7 Å². The summed E-state index contributed by atoms with van der Waals surface area (Å²) in [6.45, 7) is 12.7. The van der Waals surface area contributed by atoms with Crippen LogP contribution in [0.2, 0.25) is 0 Å². The molecule has 2 aliphatic rings. The summed E-state index contributed by atoms with van der Waals surface area (Å²) < 4.78 is 2.03.